The predicted molar refractivity (Wildman–Crippen MR) is 73.6 cm³/mol. The summed E-state index contributed by atoms with van der Waals surface area (Å²) in [5, 5.41) is 3.41. The Hall–Kier alpha value is -0.860. The van der Waals surface area contributed by atoms with Gasteiger partial charge in [0.15, 0.2) is 0 Å². The molecular formula is C16H23NO. The van der Waals surface area contributed by atoms with Gasteiger partial charge in [-0.2, -0.15) is 0 Å². The van der Waals surface area contributed by atoms with Gasteiger partial charge >= 0.3 is 0 Å². The number of rotatable bonds is 3. The van der Waals surface area contributed by atoms with E-state index in [0.717, 1.165) is 25.9 Å². The average Bonchev–Trinajstić information content (AvgIpc) is 2.91. The molecule has 1 saturated heterocycles. The molecule has 1 heterocycles. The standard InChI is InChI=1S/C16H23NO/c1-2-6-14(7-3-1)16(10-4-5-11-16)18-15-8-12-17-13-9-15/h1-3,6-7,15,17H,4-5,8-13H2. The fourth-order valence-electron chi connectivity index (χ4n) is 3.39. The van der Waals surface area contributed by atoms with Crippen LogP contribution < -0.4 is 5.32 Å². The summed E-state index contributed by atoms with van der Waals surface area (Å²) < 4.78 is 6.59. The van der Waals surface area contributed by atoms with Crippen molar-refractivity contribution < 1.29 is 4.74 Å². The molecule has 18 heavy (non-hydrogen) atoms. The third-order valence-electron chi connectivity index (χ3n) is 4.39. The summed E-state index contributed by atoms with van der Waals surface area (Å²) in [5.74, 6) is 0. The van der Waals surface area contributed by atoms with Crippen molar-refractivity contribution in [2.75, 3.05) is 13.1 Å². The zero-order valence-corrected chi connectivity index (χ0v) is 11.0. The highest BCUT2D eigenvalue weighted by Crippen LogP contribution is 2.43. The van der Waals surface area contributed by atoms with E-state index < -0.39 is 0 Å². The minimum absolute atomic E-state index is 0.0171. The van der Waals surface area contributed by atoms with E-state index in [1.165, 1.54) is 31.2 Å². The van der Waals surface area contributed by atoms with E-state index in [2.05, 4.69) is 35.6 Å². The second kappa shape index (κ2) is 5.41. The van der Waals surface area contributed by atoms with Crippen LogP contribution in [0.15, 0.2) is 30.3 Å². The van der Waals surface area contributed by atoms with E-state index in [0.29, 0.717) is 6.10 Å². The van der Waals surface area contributed by atoms with Crippen LogP contribution in [0, 0.1) is 0 Å². The van der Waals surface area contributed by atoms with E-state index in [1.54, 1.807) is 0 Å². The molecule has 2 heteroatoms. The number of piperidine rings is 1. The van der Waals surface area contributed by atoms with E-state index in [-0.39, 0.29) is 5.60 Å². The molecule has 0 bridgehead atoms. The van der Waals surface area contributed by atoms with E-state index >= 15 is 0 Å². The van der Waals surface area contributed by atoms with Crippen LogP contribution in [0.1, 0.15) is 44.1 Å². The van der Waals surface area contributed by atoms with Crippen LogP contribution in [0.5, 0.6) is 0 Å². The SMILES string of the molecule is c1ccc(C2(OC3CCNCC3)CCCC2)cc1. The van der Waals surface area contributed by atoms with Crippen molar-refractivity contribution in [3.8, 4) is 0 Å². The lowest BCUT2D eigenvalue weighted by Gasteiger charge is -2.36. The van der Waals surface area contributed by atoms with Crippen molar-refractivity contribution in [3.63, 3.8) is 0 Å². The van der Waals surface area contributed by atoms with Crippen LogP contribution in [-0.2, 0) is 10.3 Å². The molecule has 2 fully saturated rings. The second-order valence-electron chi connectivity index (χ2n) is 5.63. The Balaban J connectivity index is 1.78. The zero-order chi connectivity index (χ0) is 12.3. The maximum Gasteiger partial charge on any atom is 0.0935 e. The molecule has 0 unspecified atom stereocenters. The van der Waals surface area contributed by atoms with Crippen LogP contribution in [0.4, 0.5) is 0 Å². The highest BCUT2D eigenvalue weighted by Gasteiger charge is 2.38. The van der Waals surface area contributed by atoms with Crippen molar-refractivity contribution >= 4 is 0 Å². The molecule has 1 aromatic rings. The van der Waals surface area contributed by atoms with Gasteiger partial charge in [-0.1, -0.05) is 43.2 Å². The Morgan fingerprint density at radius 1 is 1.00 bits per heavy atom. The number of hydrogen-bond donors (Lipinski definition) is 1. The molecular weight excluding hydrogens is 222 g/mol. The highest BCUT2D eigenvalue weighted by molar-refractivity contribution is 5.23. The number of hydrogen-bond acceptors (Lipinski definition) is 2. The van der Waals surface area contributed by atoms with Gasteiger partial charge in [-0.25, -0.2) is 0 Å². The van der Waals surface area contributed by atoms with Gasteiger partial charge in [0.2, 0.25) is 0 Å². The Morgan fingerprint density at radius 2 is 1.67 bits per heavy atom. The van der Waals surface area contributed by atoms with Gasteiger partial charge in [0.05, 0.1) is 11.7 Å². The van der Waals surface area contributed by atoms with Gasteiger partial charge in [0, 0.05) is 0 Å². The lowest BCUT2D eigenvalue weighted by molar-refractivity contribution is -0.105. The molecule has 1 aromatic carbocycles. The first-order valence-electron chi connectivity index (χ1n) is 7.33. The molecule has 2 aliphatic rings. The highest BCUT2D eigenvalue weighted by atomic mass is 16.5. The minimum atomic E-state index is 0.0171. The van der Waals surface area contributed by atoms with Crippen LogP contribution in [0.25, 0.3) is 0 Å². The molecule has 1 saturated carbocycles. The van der Waals surface area contributed by atoms with Crippen LogP contribution in [0.2, 0.25) is 0 Å². The molecule has 1 aliphatic heterocycles. The lowest BCUT2D eigenvalue weighted by atomic mass is 9.91. The molecule has 0 spiro atoms. The monoisotopic (exact) mass is 245 g/mol. The Bertz CT molecular complexity index is 364. The smallest absolute Gasteiger partial charge is 0.0935 e. The van der Waals surface area contributed by atoms with Crippen molar-refractivity contribution in [2.24, 2.45) is 0 Å². The summed E-state index contributed by atoms with van der Waals surface area (Å²) >= 11 is 0. The predicted octanol–water partition coefficient (Wildman–Crippen LogP) is 3.22. The normalized spacial score (nSPS) is 24.2. The Morgan fingerprint density at radius 3 is 2.33 bits per heavy atom. The molecule has 2 nitrogen and oxygen atoms in total. The van der Waals surface area contributed by atoms with E-state index in [4.69, 9.17) is 4.74 Å². The van der Waals surface area contributed by atoms with Crippen molar-refractivity contribution in [1.29, 1.82) is 0 Å². The third kappa shape index (κ3) is 2.45. The van der Waals surface area contributed by atoms with Crippen molar-refractivity contribution in [3.05, 3.63) is 35.9 Å². The van der Waals surface area contributed by atoms with Gasteiger partial charge < -0.3 is 10.1 Å². The van der Waals surface area contributed by atoms with Gasteiger partial charge in [-0.15, -0.1) is 0 Å². The molecule has 0 amide bonds. The fraction of sp³-hybridized carbons (Fsp3) is 0.625. The summed E-state index contributed by atoms with van der Waals surface area (Å²) in [6.07, 6.45) is 7.77. The fourth-order valence-corrected chi connectivity index (χ4v) is 3.39. The van der Waals surface area contributed by atoms with E-state index in [1.807, 2.05) is 0 Å². The largest absolute Gasteiger partial charge is 0.367 e. The third-order valence-corrected chi connectivity index (χ3v) is 4.39. The van der Waals surface area contributed by atoms with Gasteiger partial charge in [0.1, 0.15) is 0 Å². The topological polar surface area (TPSA) is 21.3 Å². The average molecular weight is 245 g/mol. The first-order valence-corrected chi connectivity index (χ1v) is 7.33. The van der Waals surface area contributed by atoms with Crippen LogP contribution >= 0.6 is 0 Å². The van der Waals surface area contributed by atoms with Crippen molar-refractivity contribution in [1.82, 2.24) is 5.32 Å². The molecule has 1 N–H and O–H groups in total. The maximum atomic E-state index is 6.59. The Kier molecular flexibility index (Phi) is 3.67. The summed E-state index contributed by atoms with van der Waals surface area (Å²) in [4.78, 5) is 0. The van der Waals surface area contributed by atoms with Crippen LogP contribution in [0.3, 0.4) is 0 Å². The number of ether oxygens (including phenoxy) is 1. The summed E-state index contributed by atoms with van der Waals surface area (Å²) in [6.45, 7) is 2.21. The van der Waals surface area contributed by atoms with E-state index in [9.17, 15) is 0 Å². The summed E-state index contributed by atoms with van der Waals surface area (Å²) in [5.41, 5.74) is 1.41. The molecule has 0 radical (unpaired) electrons. The first kappa shape index (κ1) is 12.2. The number of nitrogens with one attached hydrogen (secondary N) is 1. The first-order chi connectivity index (χ1) is 8.89. The molecule has 0 aromatic heterocycles. The minimum Gasteiger partial charge on any atom is -0.367 e. The van der Waals surface area contributed by atoms with Gasteiger partial charge in [-0.05, 0) is 44.3 Å². The molecule has 3 rings (SSSR count). The lowest BCUT2D eigenvalue weighted by Crippen LogP contribution is -2.38. The van der Waals surface area contributed by atoms with Crippen molar-refractivity contribution in [2.45, 2.75) is 50.2 Å². The molecule has 98 valence electrons. The summed E-state index contributed by atoms with van der Waals surface area (Å²) in [7, 11) is 0. The molecule has 1 aliphatic carbocycles. The Labute approximate surface area is 110 Å². The number of benzene rings is 1. The maximum absolute atomic E-state index is 6.59. The van der Waals surface area contributed by atoms with Gasteiger partial charge in [-0.3, -0.25) is 0 Å². The van der Waals surface area contributed by atoms with Gasteiger partial charge in [0.25, 0.3) is 0 Å². The quantitative estimate of drug-likeness (QED) is 0.883. The zero-order valence-electron chi connectivity index (χ0n) is 11.0. The molecule has 0 atom stereocenters. The van der Waals surface area contributed by atoms with Crippen LogP contribution in [-0.4, -0.2) is 19.2 Å². The second-order valence-corrected chi connectivity index (χ2v) is 5.63. The summed E-state index contributed by atoms with van der Waals surface area (Å²) in [6, 6.07) is 10.9.